The van der Waals surface area contributed by atoms with Crippen LogP contribution in [-0.2, 0) is 4.79 Å². The molecule has 5 nitrogen and oxygen atoms in total. The molecule has 1 N–H and O–H groups in total. The number of rotatable bonds is 4. The summed E-state index contributed by atoms with van der Waals surface area (Å²) < 4.78 is 0. The monoisotopic (exact) mass is 445 g/mol. The molecule has 1 fully saturated rings. The zero-order chi connectivity index (χ0) is 21.4. The van der Waals surface area contributed by atoms with Crippen LogP contribution in [-0.4, -0.2) is 27.8 Å². The van der Waals surface area contributed by atoms with Crippen LogP contribution in [0.4, 0.5) is 0 Å². The molecule has 3 aromatic rings. The molecule has 1 unspecified atom stereocenters. The van der Waals surface area contributed by atoms with E-state index in [1.807, 2.05) is 36.4 Å². The zero-order valence-electron chi connectivity index (χ0n) is 16.2. The summed E-state index contributed by atoms with van der Waals surface area (Å²) in [6.07, 6.45) is 0.0827. The number of nitrogens with zero attached hydrogens (tertiary/aromatic N) is 2. The van der Waals surface area contributed by atoms with Gasteiger partial charge in [0.05, 0.1) is 5.25 Å². The molecule has 5 rings (SSSR count). The third-order valence-electron chi connectivity index (χ3n) is 5.21. The maximum atomic E-state index is 12.5. The van der Waals surface area contributed by atoms with Crippen molar-refractivity contribution in [3.63, 3.8) is 0 Å². The number of amides is 1. The second-order valence-corrected chi connectivity index (χ2v) is 8.80. The molecule has 1 aliphatic carbocycles. The van der Waals surface area contributed by atoms with Gasteiger partial charge in [-0.1, -0.05) is 71.9 Å². The van der Waals surface area contributed by atoms with Crippen molar-refractivity contribution in [3.05, 3.63) is 94.5 Å². The summed E-state index contributed by atoms with van der Waals surface area (Å²) in [5, 5.41) is 11.9. The Kier molecular flexibility index (Phi) is 5.18. The van der Waals surface area contributed by atoms with Crippen LogP contribution in [0.25, 0.3) is 11.1 Å². The van der Waals surface area contributed by atoms with Crippen LogP contribution < -0.4 is 5.32 Å². The van der Waals surface area contributed by atoms with Crippen molar-refractivity contribution in [3.8, 4) is 11.1 Å². The highest BCUT2D eigenvalue weighted by Gasteiger charge is 2.33. The fourth-order valence-electron chi connectivity index (χ4n) is 3.71. The number of halogens is 1. The van der Waals surface area contributed by atoms with Crippen LogP contribution in [0, 0.1) is 0 Å². The second kappa shape index (κ2) is 8.13. The number of carbonyl (C=O) groups is 2. The fraction of sp³-hybridized carbons (Fsp3) is 0.0833. The first-order valence-electron chi connectivity index (χ1n) is 9.71. The molecule has 7 heteroatoms. The van der Waals surface area contributed by atoms with Crippen molar-refractivity contribution in [2.75, 3.05) is 0 Å². The standard InChI is InChI=1S/C24H16ClN3O2S/c25-15-11-9-14(10-12-15)20(29)13-21-23(30)26-24(31-21)28-27-22-18-7-3-1-5-16(18)17-6-2-4-8-19(17)22/h1-12,21H,13H2,(H,26,28,30). The molecule has 0 bridgehead atoms. The molecule has 0 aromatic heterocycles. The third-order valence-corrected chi connectivity index (χ3v) is 6.53. The number of thioether (sulfide) groups is 1. The minimum Gasteiger partial charge on any atom is -0.303 e. The van der Waals surface area contributed by atoms with Crippen LogP contribution in [0.3, 0.4) is 0 Å². The van der Waals surface area contributed by atoms with E-state index < -0.39 is 5.25 Å². The number of hydrogen-bond donors (Lipinski definition) is 1. The van der Waals surface area contributed by atoms with Gasteiger partial charge in [0, 0.05) is 28.1 Å². The van der Waals surface area contributed by atoms with Gasteiger partial charge >= 0.3 is 0 Å². The van der Waals surface area contributed by atoms with Gasteiger partial charge in [-0.2, -0.15) is 0 Å². The van der Waals surface area contributed by atoms with Gasteiger partial charge in [0.25, 0.3) is 0 Å². The van der Waals surface area contributed by atoms with Gasteiger partial charge in [-0.25, -0.2) is 0 Å². The van der Waals surface area contributed by atoms with Crippen molar-refractivity contribution in [1.29, 1.82) is 0 Å². The number of hydrogen-bond acceptors (Lipinski definition) is 5. The van der Waals surface area contributed by atoms with Crippen LogP contribution >= 0.6 is 23.4 Å². The summed E-state index contributed by atoms with van der Waals surface area (Å²) in [5.41, 5.74) is 5.56. The molecule has 31 heavy (non-hydrogen) atoms. The Labute approximate surface area is 188 Å². The lowest BCUT2D eigenvalue weighted by molar-refractivity contribution is -0.118. The van der Waals surface area contributed by atoms with E-state index >= 15 is 0 Å². The van der Waals surface area contributed by atoms with Crippen LogP contribution in [0.15, 0.2) is 83.0 Å². The van der Waals surface area contributed by atoms with Gasteiger partial charge in [0.1, 0.15) is 5.71 Å². The van der Waals surface area contributed by atoms with Gasteiger partial charge in [-0.15, -0.1) is 10.2 Å². The minimum atomic E-state index is -0.537. The van der Waals surface area contributed by atoms with Crippen molar-refractivity contribution in [1.82, 2.24) is 5.32 Å². The maximum Gasteiger partial charge on any atom is 0.240 e. The van der Waals surface area contributed by atoms with Crippen molar-refractivity contribution < 1.29 is 9.59 Å². The number of benzene rings is 3. The average Bonchev–Trinajstić information content (AvgIpc) is 3.30. The van der Waals surface area contributed by atoms with E-state index in [1.54, 1.807) is 24.3 Å². The number of ketones is 1. The van der Waals surface area contributed by atoms with Gasteiger partial charge in [0.2, 0.25) is 5.91 Å². The first-order valence-corrected chi connectivity index (χ1v) is 11.0. The summed E-state index contributed by atoms with van der Waals surface area (Å²) in [7, 11) is 0. The normalized spacial score (nSPS) is 18.0. The van der Waals surface area contributed by atoms with E-state index in [2.05, 4.69) is 27.7 Å². The predicted molar refractivity (Wildman–Crippen MR) is 125 cm³/mol. The first-order chi connectivity index (χ1) is 15.1. The highest BCUT2D eigenvalue weighted by molar-refractivity contribution is 8.15. The average molecular weight is 446 g/mol. The molecule has 1 aliphatic heterocycles. The molecule has 152 valence electrons. The number of nitrogens with one attached hydrogen (secondary N) is 1. The molecule has 0 spiro atoms. The van der Waals surface area contributed by atoms with Gasteiger partial charge in [-0.3, -0.25) is 9.59 Å². The summed E-state index contributed by atoms with van der Waals surface area (Å²) >= 11 is 7.10. The Balaban J connectivity index is 1.37. The lowest BCUT2D eigenvalue weighted by Crippen LogP contribution is -2.26. The van der Waals surface area contributed by atoms with E-state index in [9.17, 15) is 9.59 Å². The third kappa shape index (κ3) is 3.80. The molecule has 1 atom stereocenters. The number of carbonyl (C=O) groups excluding carboxylic acids is 2. The minimum absolute atomic E-state index is 0.0827. The van der Waals surface area contributed by atoms with Crippen LogP contribution in [0.1, 0.15) is 27.9 Å². The van der Waals surface area contributed by atoms with Crippen molar-refractivity contribution in [2.45, 2.75) is 11.7 Å². The molecule has 0 saturated carbocycles. The first kappa shape index (κ1) is 19.7. The van der Waals surface area contributed by atoms with Crippen molar-refractivity contribution in [2.24, 2.45) is 10.2 Å². The maximum absolute atomic E-state index is 12.5. The number of amidine groups is 1. The largest absolute Gasteiger partial charge is 0.303 e. The highest BCUT2D eigenvalue weighted by Crippen LogP contribution is 2.36. The lowest BCUT2D eigenvalue weighted by atomic mass is 10.1. The molecule has 0 radical (unpaired) electrons. The summed E-state index contributed by atoms with van der Waals surface area (Å²) in [6, 6.07) is 22.8. The van der Waals surface area contributed by atoms with E-state index in [0.29, 0.717) is 15.8 Å². The quantitative estimate of drug-likeness (QED) is 0.357. The molecule has 3 aromatic carbocycles. The predicted octanol–water partition coefficient (Wildman–Crippen LogP) is 4.93. The molecular formula is C24H16ClN3O2S. The molecule has 1 saturated heterocycles. The topological polar surface area (TPSA) is 70.9 Å². The van der Waals surface area contributed by atoms with E-state index in [0.717, 1.165) is 28.0 Å². The highest BCUT2D eigenvalue weighted by atomic mass is 35.5. The van der Waals surface area contributed by atoms with E-state index in [-0.39, 0.29) is 18.1 Å². The summed E-state index contributed by atoms with van der Waals surface area (Å²) in [4.78, 5) is 24.9. The van der Waals surface area contributed by atoms with Gasteiger partial charge in [-0.05, 0) is 35.4 Å². The smallest absolute Gasteiger partial charge is 0.240 e. The SMILES string of the molecule is O=C(CC1SC(=NN=C2c3ccccc3-c3ccccc32)NC1=O)c1ccc(Cl)cc1. The zero-order valence-corrected chi connectivity index (χ0v) is 17.8. The van der Waals surface area contributed by atoms with E-state index in [4.69, 9.17) is 11.6 Å². The van der Waals surface area contributed by atoms with Gasteiger partial charge in [0.15, 0.2) is 11.0 Å². The Morgan fingerprint density at radius 1 is 0.871 bits per heavy atom. The van der Waals surface area contributed by atoms with Gasteiger partial charge < -0.3 is 5.32 Å². The summed E-state index contributed by atoms with van der Waals surface area (Å²) in [5.74, 6) is -0.353. The van der Waals surface area contributed by atoms with Crippen LogP contribution in [0.2, 0.25) is 5.02 Å². The lowest BCUT2D eigenvalue weighted by Gasteiger charge is -2.04. The Morgan fingerprint density at radius 3 is 2.06 bits per heavy atom. The molecular weight excluding hydrogens is 430 g/mol. The van der Waals surface area contributed by atoms with Crippen molar-refractivity contribution >= 4 is 45.9 Å². The Hall–Kier alpha value is -3.22. The Bertz CT molecular complexity index is 1220. The fourth-order valence-corrected chi connectivity index (χ4v) is 4.75. The number of Topliss-reactive ketones (excluding diaryl/α,β-unsaturated/α-hetero) is 1. The summed E-state index contributed by atoms with van der Waals surface area (Å²) in [6.45, 7) is 0. The molecule has 2 aliphatic rings. The van der Waals surface area contributed by atoms with Crippen LogP contribution in [0.5, 0.6) is 0 Å². The molecule has 1 heterocycles. The second-order valence-electron chi connectivity index (χ2n) is 7.17. The van der Waals surface area contributed by atoms with E-state index in [1.165, 1.54) is 11.8 Å². The molecule has 1 amide bonds. The Morgan fingerprint density at radius 2 is 1.45 bits per heavy atom. The number of fused-ring (bicyclic) bond motifs is 3.